The van der Waals surface area contributed by atoms with Crippen molar-refractivity contribution in [3.8, 4) is 33.9 Å². The van der Waals surface area contributed by atoms with E-state index in [1.807, 2.05) is 54.6 Å². The molecule has 4 heteroatoms. The number of benzene rings is 3. The number of methoxy groups -OCH3 is 2. The van der Waals surface area contributed by atoms with Crippen LogP contribution in [0, 0.1) is 0 Å². The average Bonchev–Trinajstić information content (AvgIpc) is 3.17. The summed E-state index contributed by atoms with van der Waals surface area (Å²) in [4.78, 5) is 15.7. The number of fused-ring (bicyclic) bond motifs is 1. The van der Waals surface area contributed by atoms with Crippen LogP contribution in [-0.2, 0) is 0 Å². The molecule has 4 rings (SSSR count). The number of hydrogen-bond donors (Lipinski definition) is 1. The van der Waals surface area contributed by atoms with Gasteiger partial charge in [0.25, 0.3) is 0 Å². The summed E-state index contributed by atoms with van der Waals surface area (Å²) in [6, 6.07) is 21.8. The number of aromatic nitrogens is 1. The maximum atomic E-state index is 12.3. The lowest BCUT2D eigenvalue weighted by Gasteiger charge is -2.07. The highest BCUT2D eigenvalue weighted by Gasteiger charge is 2.13. The number of ketones is 1. The first-order valence-electron chi connectivity index (χ1n) is 9.05. The zero-order chi connectivity index (χ0) is 19.7. The van der Waals surface area contributed by atoms with Crippen molar-refractivity contribution in [1.29, 1.82) is 0 Å². The second-order valence-electron chi connectivity index (χ2n) is 6.68. The summed E-state index contributed by atoms with van der Waals surface area (Å²) in [5.41, 5.74) is 5.58. The van der Waals surface area contributed by atoms with E-state index in [0.717, 1.165) is 44.8 Å². The summed E-state index contributed by atoms with van der Waals surface area (Å²) < 4.78 is 10.5. The summed E-state index contributed by atoms with van der Waals surface area (Å²) >= 11 is 0. The van der Waals surface area contributed by atoms with Crippen LogP contribution in [0.15, 0.2) is 66.7 Å². The van der Waals surface area contributed by atoms with Gasteiger partial charge in [-0.15, -0.1) is 0 Å². The third kappa shape index (κ3) is 3.25. The van der Waals surface area contributed by atoms with Gasteiger partial charge in [-0.1, -0.05) is 12.1 Å². The lowest BCUT2D eigenvalue weighted by molar-refractivity contribution is 0.101. The Morgan fingerprint density at radius 2 is 1.32 bits per heavy atom. The zero-order valence-corrected chi connectivity index (χ0v) is 16.1. The number of hydrogen-bond acceptors (Lipinski definition) is 3. The number of aromatic amines is 1. The molecule has 0 aliphatic carbocycles. The van der Waals surface area contributed by atoms with E-state index in [0.29, 0.717) is 5.56 Å². The van der Waals surface area contributed by atoms with Crippen LogP contribution in [0.25, 0.3) is 33.3 Å². The maximum absolute atomic E-state index is 12.3. The molecule has 28 heavy (non-hydrogen) atoms. The van der Waals surface area contributed by atoms with E-state index in [2.05, 4.69) is 17.1 Å². The third-order valence-corrected chi connectivity index (χ3v) is 4.93. The smallest absolute Gasteiger partial charge is 0.161 e. The zero-order valence-electron chi connectivity index (χ0n) is 16.1. The second-order valence-corrected chi connectivity index (χ2v) is 6.68. The van der Waals surface area contributed by atoms with Gasteiger partial charge in [-0.05, 0) is 78.2 Å². The average molecular weight is 371 g/mol. The van der Waals surface area contributed by atoms with Crippen LogP contribution < -0.4 is 9.47 Å². The fourth-order valence-corrected chi connectivity index (χ4v) is 3.40. The van der Waals surface area contributed by atoms with Gasteiger partial charge >= 0.3 is 0 Å². The van der Waals surface area contributed by atoms with Crippen LogP contribution in [0.3, 0.4) is 0 Å². The normalized spacial score (nSPS) is 10.8. The molecule has 3 aromatic carbocycles. The van der Waals surface area contributed by atoms with Crippen molar-refractivity contribution < 1.29 is 14.3 Å². The molecule has 0 atom stereocenters. The van der Waals surface area contributed by atoms with E-state index in [1.54, 1.807) is 21.1 Å². The minimum Gasteiger partial charge on any atom is -0.497 e. The van der Waals surface area contributed by atoms with Crippen molar-refractivity contribution in [2.75, 3.05) is 14.2 Å². The van der Waals surface area contributed by atoms with Gasteiger partial charge in [-0.2, -0.15) is 0 Å². The molecule has 140 valence electrons. The molecule has 1 N–H and O–H groups in total. The topological polar surface area (TPSA) is 51.3 Å². The molecule has 0 saturated carbocycles. The van der Waals surface area contributed by atoms with E-state index >= 15 is 0 Å². The molecule has 1 heterocycles. The largest absolute Gasteiger partial charge is 0.497 e. The van der Waals surface area contributed by atoms with Crippen LogP contribution in [0.5, 0.6) is 11.5 Å². The van der Waals surface area contributed by atoms with Crippen LogP contribution in [0.1, 0.15) is 17.3 Å². The molecule has 0 saturated heterocycles. The number of nitrogens with one attached hydrogen (secondary N) is 1. The first kappa shape index (κ1) is 17.9. The van der Waals surface area contributed by atoms with Crippen LogP contribution in [0.2, 0.25) is 0 Å². The Balaban J connectivity index is 1.84. The lowest BCUT2D eigenvalue weighted by atomic mass is 9.98. The first-order chi connectivity index (χ1) is 13.6. The summed E-state index contributed by atoms with van der Waals surface area (Å²) in [7, 11) is 3.30. The Morgan fingerprint density at radius 3 is 1.86 bits per heavy atom. The minimum atomic E-state index is 0.0310. The van der Waals surface area contributed by atoms with Gasteiger partial charge in [0.1, 0.15) is 11.5 Å². The summed E-state index contributed by atoms with van der Waals surface area (Å²) in [6.07, 6.45) is 0. The fourth-order valence-electron chi connectivity index (χ4n) is 3.40. The molecule has 0 bridgehead atoms. The van der Waals surface area contributed by atoms with Gasteiger partial charge < -0.3 is 14.5 Å². The van der Waals surface area contributed by atoms with Gasteiger partial charge in [0, 0.05) is 16.6 Å². The monoisotopic (exact) mass is 371 g/mol. The molecule has 0 spiro atoms. The van der Waals surface area contributed by atoms with E-state index in [1.165, 1.54) is 0 Å². The third-order valence-electron chi connectivity index (χ3n) is 4.93. The maximum Gasteiger partial charge on any atom is 0.161 e. The molecule has 0 aliphatic heterocycles. The van der Waals surface area contributed by atoms with Crippen molar-refractivity contribution >= 4 is 16.7 Å². The van der Waals surface area contributed by atoms with Gasteiger partial charge in [0.15, 0.2) is 5.78 Å². The molecule has 0 amide bonds. The van der Waals surface area contributed by atoms with Crippen molar-refractivity contribution in [2.45, 2.75) is 6.92 Å². The Hall–Kier alpha value is -3.53. The van der Waals surface area contributed by atoms with Crippen LogP contribution >= 0.6 is 0 Å². The first-order valence-corrected chi connectivity index (χ1v) is 9.05. The SMILES string of the molecule is COc1ccc(-c2cc(C(C)=O)c3[nH]c(-c4ccc(OC)cc4)cc3c2)cc1. The molecule has 4 aromatic rings. The van der Waals surface area contributed by atoms with E-state index in [-0.39, 0.29) is 5.78 Å². The van der Waals surface area contributed by atoms with Crippen LogP contribution in [-0.4, -0.2) is 25.0 Å². The highest BCUT2D eigenvalue weighted by molar-refractivity contribution is 6.08. The molecular formula is C24H21NO3. The van der Waals surface area contributed by atoms with Crippen molar-refractivity contribution in [1.82, 2.24) is 4.98 Å². The molecule has 0 unspecified atom stereocenters. The minimum absolute atomic E-state index is 0.0310. The fraction of sp³-hybridized carbons (Fsp3) is 0.125. The van der Waals surface area contributed by atoms with Crippen LogP contribution in [0.4, 0.5) is 0 Å². The van der Waals surface area contributed by atoms with Crippen molar-refractivity contribution in [2.24, 2.45) is 0 Å². The number of carbonyl (C=O) groups is 1. The highest BCUT2D eigenvalue weighted by Crippen LogP contribution is 2.32. The summed E-state index contributed by atoms with van der Waals surface area (Å²) in [6.45, 7) is 1.60. The molecule has 0 aliphatic rings. The number of ether oxygens (including phenoxy) is 2. The molecule has 0 fully saturated rings. The second kappa shape index (κ2) is 7.24. The Bertz CT molecular complexity index is 1140. The number of Topliss-reactive ketones (excluding diaryl/α,β-unsaturated/α-hetero) is 1. The molecule has 1 aromatic heterocycles. The number of H-pyrrole nitrogens is 1. The van der Waals surface area contributed by atoms with Gasteiger partial charge in [-0.3, -0.25) is 4.79 Å². The lowest BCUT2D eigenvalue weighted by Crippen LogP contribution is -1.95. The Labute approximate surface area is 163 Å². The van der Waals surface area contributed by atoms with Crippen molar-refractivity contribution in [3.05, 3.63) is 72.3 Å². The van der Waals surface area contributed by atoms with E-state index < -0.39 is 0 Å². The molecular weight excluding hydrogens is 350 g/mol. The quantitative estimate of drug-likeness (QED) is 0.456. The standard InChI is InChI=1S/C24H21NO3/c1-15(26)22-13-18(16-4-8-20(27-2)9-5-16)12-19-14-23(25-24(19)22)17-6-10-21(28-3)11-7-17/h4-14,25H,1-3H3. The molecule has 4 nitrogen and oxygen atoms in total. The summed E-state index contributed by atoms with van der Waals surface area (Å²) in [5, 5.41) is 1.00. The van der Waals surface area contributed by atoms with Gasteiger partial charge in [0.05, 0.1) is 19.7 Å². The highest BCUT2D eigenvalue weighted by atomic mass is 16.5. The van der Waals surface area contributed by atoms with Gasteiger partial charge in [0.2, 0.25) is 0 Å². The van der Waals surface area contributed by atoms with Gasteiger partial charge in [-0.25, -0.2) is 0 Å². The van der Waals surface area contributed by atoms with E-state index in [9.17, 15) is 4.79 Å². The van der Waals surface area contributed by atoms with Crippen molar-refractivity contribution in [3.63, 3.8) is 0 Å². The summed E-state index contributed by atoms with van der Waals surface area (Å²) in [5.74, 6) is 1.65. The van der Waals surface area contributed by atoms with E-state index in [4.69, 9.17) is 9.47 Å². The molecule has 0 radical (unpaired) electrons. The predicted molar refractivity (Wildman–Crippen MR) is 112 cm³/mol. The number of rotatable bonds is 5. The Kier molecular flexibility index (Phi) is 4.62. The Morgan fingerprint density at radius 1 is 0.750 bits per heavy atom. The number of carbonyl (C=O) groups excluding carboxylic acids is 1. The predicted octanol–water partition coefficient (Wildman–Crippen LogP) is 5.72.